The second kappa shape index (κ2) is 5.78. The number of halogens is 1. The summed E-state index contributed by atoms with van der Waals surface area (Å²) in [5.74, 6) is -0.127. The first-order chi connectivity index (χ1) is 8.60. The molecule has 1 heterocycles. The van der Waals surface area contributed by atoms with E-state index in [2.05, 4.69) is 23.8 Å². The normalized spacial score (nSPS) is 22.3. The molecule has 0 amide bonds. The maximum atomic E-state index is 13.8. The number of benzene rings is 1. The zero-order chi connectivity index (χ0) is 13.1. The first-order valence-electron chi connectivity index (χ1n) is 6.50. The van der Waals surface area contributed by atoms with Gasteiger partial charge in [-0.3, -0.25) is 4.90 Å². The molecule has 100 valence electrons. The third kappa shape index (κ3) is 3.07. The van der Waals surface area contributed by atoms with Crippen LogP contribution in [0.25, 0.3) is 0 Å². The maximum absolute atomic E-state index is 13.8. The molecule has 0 spiro atoms. The molecule has 1 unspecified atom stereocenters. The fourth-order valence-corrected chi connectivity index (χ4v) is 2.51. The Kier molecular flexibility index (Phi) is 4.32. The second-order valence-electron chi connectivity index (χ2n) is 5.21. The van der Waals surface area contributed by atoms with E-state index < -0.39 is 0 Å². The van der Waals surface area contributed by atoms with E-state index in [1.54, 1.807) is 6.07 Å². The fraction of sp³-hybridized carbons (Fsp3) is 0.571. The molecule has 0 aliphatic carbocycles. The lowest BCUT2D eigenvalue weighted by Crippen LogP contribution is -2.49. The van der Waals surface area contributed by atoms with Crippen molar-refractivity contribution in [2.24, 2.45) is 5.73 Å². The average Bonchev–Trinajstić information content (AvgIpc) is 2.35. The highest BCUT2D eigenvalue weighted by atomic mass is 19.1. The molecular weight excluding hydrogens is 229 g/mol. The number of hydrogen-bond acceptors (Lipinski definition) is 3. The number of nitrogens with zero attached hydrogens (tertiary/aromatic N) is 2. The van der Waals surface area contributed by atoms with Crippen molar-refractivity contribution >= 4 is 0 Å². The minimum atomic E-state index is -0.127. The van der Waals surface area contributed by atoms with Crippen molar-refractivity contribution in [3.05, 3.63) is 35.1 Å². The molecule has 1 aliphatic heterocycles. The van der Waals surface area contributed by atoms with Crippen LogP contribution < -0.4 is 5.73 Å². The van der Waals surface area contributed by atoms with Crippen LogP contribution in [0, 0.1) is 5.82 Å². The molecule has 0 radical (unpaired) electrons. The van der Waals surface area contributed by atoms with Crippen molar-refractivity contribution in [3.63, 3.8) is 0 Å². The standard InChI is InChI=1S/C14H22FN3/c1-11-9-17(2)5-6-18(11)10-13-7-12(8-16)3-4-14(13)15/h3-4,7,11H,5-6,8-10,16H2,1-2H3. The largest absolute Gasteiger partial charge is 0.326 e. The van der Waals surface area contributed by atoms with Crippen molar-refractivity contribution in [3.8, 4) is 0 Å². The number of nitrogens with two attached hydrogens (primary N) is 1. The third-order valence-electron chi connectivity index (χ3n) is 3.69. The van der Waals surface area contributed by atoms with E-state index in [9.17, 15) is 4.39 Å². The van der Waals surface area contributed by atoms with Crippen LogP contribution in [0.3, 0.4) is 0 Å². The Morgan fingerprint density at radius 1 is 1.39 bits per heavy atom. The highest BCUT2D eigenvalue weighted by Crippen LogP contribution is 2.16. The summed E-state index contributed by atoms with van der Waals surface area (Å²) in [6.07, 6.45) is 0. The Balaban J connectivity index is 2.08. The average molecular weight is 251 g/mol. The van der Waals surface area contributed by atoms with Crippen molar-refractivity contribution in [2.75, 3.05) is 26.7 Å². The van der Waals surface area contributed by atoms with E-state index in [1.807, 2.05) is 6.07 Å². The summed E-state index contributed by atoms with van der Waals surface area (Å²) in [5, 5.41) is 0. The Bertz CT molecular complexity index is 408. The van der Waals surface area contributed by atoms with Gasteiger partial charge in [-0.1, -0.05) is 12.1 Å². The molecule has 1 saturated heterocycles. The summed E-state index contributed by atoms with van der Waals surface area (Å²) in [4.78, 5) is 4.65. The molecule has 18 heavy (non-hydrogen) atoms. The summed E-state index contributed by atoms with van der Waals surface area (Å²) in [6.45, 7) is 6.41. The Morgan fingerprint density at radius 2 is 2.17 bits per heavy atom. The summed E-state index contributed by atoms with van der Waals surface area (Å²) < 4.78 is 13.8. The summed E-state index contributed by atoms with van der Waals surface area (Å²) >= 11 is 0. The number of hydrogen-bond donors (Lipinski definition) is 1. The molecule has 0 aromatic heterocycles. The second-order valence-corrected chi connectivity index (χ2v) is 5.21. The summed E-state index contributed by atoms with van der Waals surface area (Å²) in [6, 6.07) is 5.63. The zero-order valence-electron chi connectivity index (χ0n) is 11.2. The lowest BCUT2D eigenvalue weighted by molar-refractivity contribution is 0.0928. The van der Waals surface area contributed by atoms with Gasteiger partial charge in [0.15, 0.2) is 0 Å². The minimum absolute atomic E-state index is 0.127. The van der Waals surface area contributed by atoms with Crippen LogP contribution in [-0.2, 0) is 13.1 Å². The molecule has 0 saturated carbocycles. The van der Waals surface area contributed by atoms with Gasteiger partial charge >= 0.3 is 0 Å². The zero-order valence-corrected chi connectivity index (χ0v) is 11.2. The predicted octanol–water partition coefficient (Wildman–Crippen LogP) is 1.42. The van der Waals surface area contributed by atoms with E-state index in [4.69, 9.17) is 5.73 Å². The molecule has 1 aliphatic rings. The molecular formula is C14H22FN3. The molecule has 2 N–H and O–H groups in total. The van der Waals surface area contributed by atoms with E-state index in [1.165, 1.54) is 6.07 Å². The van der Waals surface area contributed by atoms with Gasteiger partial charge in [0.2, 0.25) is 0 Å². The van der Waals surface area contributed by atoms with E-state index in [-0.39, 0.29) is 5.82 Å². The fourth-order valence-electron chi connectivity index (χ4n) is 2.51. The van der Waals surface area contributed by atoms with Crippen LogP contribution in [0.1, 0.15) is 18.1 Å². The first kappa shape index (κ1) is 13.5. The van der Waals surface area contributed by atoms with Gasteiger partial charge in [-0.25, -0.2) is 4.39 Å². The SMILES string of the molecule is CC1CN(C)CCN1Cc1cc(CN)ccc1F. The van der Waals surface area contributed by atoms with Gasteiger partial charge in [0.1, 0.15) is 5.82 Å². The molecule has 1 aromatic carbocycles. The van der Waals surface area contributed by atoms with Gasteiger partial charge in [0, 0.05) is 44.3 Å². The van der Waals surface area contributed by atoms with Crippen LogP contribution in [0.15, 0.2) is 18.2 Å². The van der Waals surface area contributed by atoms with Gasteiger partial charge in [-0.05, 0) is 25.6 Å². The van der Waals surface area contributed by atoms with Crippen molar-refractivity contribution in [1.82, 2.24) is 9.80 Å². The molecule has 1 fully saturated rings. The molecule has 0 bridgehead atoms. The Morgan fingerprint density at radius 3 is 2.83 bits per heavy atom. The van der Waals surface area contributed by atoms with E-state index >= 15 is 0 Å². The van der Waals surface area contributed by atoms with Crippen molar-refractivity contribution in [1.29, 1.82) is 0 Å². The Hall–Kier alpha value is -0.970. The topological polar surface area (TPSA) is 32.5 Å². The Labute approximate surface area is 108 Å². The van der Waals surface area contributed by atoms with Crippen molar-refractivity contribution in [2.45, 2.75) is 26.1 Å². The first-order valence-corrected chi connectivity index (χ1v) is 6.50. The van der Waals surface area contributed by atoms with Crippen molar-refractivity contribution < 1.29 is 4.39 Å². The molecule has 1 aromatic rings. The highest BCUT2D eigenvalue weighted by Gasteiger charge is 2.22. The lowest BCUT2D eigenvalue weighted by Gasteiger charge is -2.38. The van der Waals surface area contributed by atoms with Crippen LogP contribution >= 0.6 is 0 Å². The molecule has 2 rings (SSSR count). The highest BCUT2D eigenvalue weighted by molar-refractivity contribution is 5.25. The van der Waals surface area contributed by atoms with Crippen LogP contribution in [0.4, 0.5) is 4.39 Å². The smallest absolute Gasteiger partial charge is 0.127 e. The summed E-state index contributed by atoms with van der Waals surface area (Å²) in [7, 11) is 2.13. The maximum Gasteiger partial charge on any atom is 0.127 e. The monoisotopic (exact) mass is 251 g/mol. The number of likely N-dealkylation sites (N-methyl/N-ethyl adjacent to an activating group) is 1. The van der Waals surface area contributed by atoms with Gasteiger partial charge in [0.25, 0.3) is 0 Å². The van der Waals surface area contributed by atoms with Gasteiger partial charge < -0.3 is 10.6 Å². The van der Waals surface area contributed by atoms with Crippen LogP contribution in [-0.4, -0.2) is 42.5 Å². The lowest BCUT2D eigenvalue weighted by atomic mass is 10.1. The van der Waals surface area contributed by atoms with E-state index in [0.29, 0.717) is 19.1 Å². The van der Waals surface area contributed by atoms with Gasteiger partial charge in [-0.15, -0.1) is 0 Å². The van der Waals surface area contributed by atoms with Gasteiger partial charge in [-0.2, -0.15) is 0 Å². The quantitative estimate of drug-likeness (QED) is 0.882. The third-order valence-corrected chi connectivity index (χ3v) is 3.69. The van der Waals surface area contributed by atoms with Crippen LogP contribution in [0.2, 0.25) is 0 Å². The van der Waals surface area contributed by atoms with Crippen LogP contribution in [0.5, 0.6) is 0 Å². The number of rotatable bonds is 3. The summed E-state index contributed by atoms with van der Waals surface area (Å²) in [5.41, 5.74) is 7.36. The number of piperazine rings is 1. The molecule has 3 nitrogen and oxygen atoms in total. The predicted molar refractivity (Wildman–Crippen MR) is 71.7 cm³/mol. The molecule has 4 heteroatoms. The van der Waals surface area contributed by atoms with Gasteiger partial charge in [0.05, 0.1) is 0 Å². The minimum Gasteiger partial charge on any atom is -0.326 e. The van der Waals surface area contributed by atoms with E-state index in [0.717, 1.165) is 30.8 Å². The molecule has 1 atom stereocenters.